The first kappa shape index (κ1) is 23.3. The van der Waals surface area contributed by atoms with Crippen molar-refractivity contribution < 1.29 is 19.1 Å². The van der Waals surface area contributed by atoms with E-state index in [1.165, 1.54) is 0 Å². The van der Waals surface area contributed by atoms with Gasteiger partial charge in [-0.2, -0.15) is 0 Å². The second-order valence-corrected chi connectivity index (χ2v) is 10.3. The van der Waals surface area contributed by atoms with Crippen molar-refractivity contribution in [1.82, 2.24) is 10.2 Å². The van der Waals surface area contributed by atoms with E-state index in [9.17, 15) is 9.59 Å². The first-order valence-corrected chi connectivity index (χ1v) is 11.4. The predicted octanol–water partition coefficient (Wildman–Crippen LogP) is 4.45. The van der Waals surface area contributed by atoms with Crippen LogP contribution in [0, 0.1) is 3.57 Å². The maximum atomic E-state index is 13.3. The Labute approximate surface area is 195 Å². The summed E-state index contributed by atoms with van der Waals surface area (Å²) >= 11 is 8.73. The number of hydrogen-bond donors (Lipinski definition) is 1. The minimum absolute atomic E-state index is 0.0872. The van der Waals surface area contributed by atoms with Crippen molar-refractivity contribution >= 4 is 52.2 Å². The van der Waals surface area contributed by atoms with Crippen LogP contribution in [0.1, 0.15) is 52.5 Å². The molecule has 0 bridgehead atoms. The molecule has 2 aliphatic rings. The molecule has 0 saturated carbocycles. The number of nitrogens with zero attached hydrogens (tertiary/aromatic N) is 2. The van der Waals surface area contributed by atoms with Gasteiger partial charge in [-0.05, 0) is 74.8 Å². The van der Waals surface area contributed by atoms with Crippen molar-refractivity contribution in [2.24, 2.45) is 4.99 Å². The Morgan fingerprint density at radius 2 is 2.03 bits per heavy atom. The minimum Gasteiger partial charge on any atom is -0.442 e. The third-order valence-corrected chi connectivity index (χ3v) is 6.71. The number of nitrogens with one attached hydrogen (secondary N) is 1. The van der Waals surface area contributed by atoms with E-state index >= 15 is 0 Å². The Kier molecular flexibility index (Phi) is 6.98. The summed E-state index contributed by atoms with van der Waals surface area (Å²) in [4.78, 5) is 31.6. The van der Waals surface area contributed by atoms with Crippen LogP contribution in [0.25, 0.3) is 0 Å². The summed E-state index contributed by atoms with van der Waals surface area (Å²) in [6, 6.07) is 5.61. The maximum Gasteiger partial charge on any atom is 0.437 e. The van der Waals surface area contributed by atoms with Gasteiger partial charge >= 0.3 is 6.09 Å². The molecule has 0 radical (unpaired) electrons. The number of benzene rings is 1. The quantitative estimate of drug-likeness (QED) is 0.554. The highest BCUT2D eigenvalue weighted by Crippen LogP contribution is 2.37. The normalized spacial score (nSPS) is 24.7. The van der Waals surface area contributed by atoms with Crippen molar-refractivity contribution in [2.75, 3.05) is 13.2 Å². The highest BCUT2D eigenvalue weighted by molar-refractivity contribution is 14.1. The standard InChI is InChI=1S/C21H27ClIN3O4/c1-20(2,3)30-19(28)24-18-25-21(4,14-6-5-7-15(23)17(14)22)12-16(27)26(18)13-8-10-29-11-9-13/h5-7,13H,8-12H2,1-4H3,(H,24,25,28)/t21-/m0/s1. The highest BCUT2D eigenvalue weighted by Gasteiger charge is 2.44. The first-order valence-electron chi connectivity index (χ1n) is 9.94. The van der Waals surface area contributed by atoms with Gasteiger partial charge in [0.05, 0.1) is 17.0 Å². The summed E-state index contributed by atoms with van der Waals surface area (Å²) in [6.07, 6.45) is 0.813. The molecule has 0 aromatic heterocycles. The Hall–Kier alpha value is -1.39. The van der Waals surface area contributed by atoms with Crippen LogP contribution in [0.15, 0.2) is 23.2 Å². The molecular formula is C21H27ClIN3O4. The Morgan fingerprint density at radius 3 is 2.67 bits per heavy atom. The van der Waals surface area contributed by atoms with E-state index in [4.69, 9.17) is 21.1 Å². The molecule has 2 saturated heterocycles. The van der Waals surface area contributed by atoms with Crippen LogP contribution in [0.4, 0.5) is 4.79 Å². The van der Waals surface area contributed by atoms with E-state index in [2.05, 4.69) is 32.9 Å². The summed E-state index contributed by atoms with van der Waals surface area (Å²) in [6.45, 7) is 8.35. The van der Waals surface area contributed by atoms with Crippen LogP contribution in [0.2, 0.25) is 5.02 Å². The minimum atomic E-state index is -0.808. The molecule has 2 heterocycles. The lowest BCUT2D eigenvalue weighted by atomic mass is 9.86. The predicted molar refractivity (Wildman–Crippen MR) is 124 cm³/mol. The van der Waals surface area contributed by atoms with Gasteiger partial charge in [0.2, 0.25) is 11.9 Å². The summed E-state index contributed by atoms with van der Waals surface area (Å²) in [5, 5.41) is 3.91. The molecule has 0 aliphatic carbocycles. The number of ether oxygens (including phenoxy) is 2. The summed E-state index contributed by atoms with van der Waals surface area (Å²) < 4.78 is 11.7. The van der Waals surface area contributed by atoms with Crippen molar-refractivity contribution in [3.63, 3.8) is 0 Å². The van der Waals surface area contributed by atoms with Gasteiger partial charge < -0.3 is 14.8 Å². The van der Waals surface area contributed by atoms with E-state index in [1.807, 2.05) is 25.1 Å². The van der Waals surface area contributed by atoms with Gasteiger partial charge in [-0.1, -0.05) is 23.7 Å². The lowest BCUT2D eigenvalue weighted by Gasteiger charge is -2.45. The molecule has 2 amide bonds. The molecule has 2 aliphatic heterocycles. The fraction of sp³-hybridized carbons (Fsp3) is 0.571. The van der Waals surface area contributed by atoms with Crippen molar-refractivity contribution in [3.05, 3.63) is 32.4 Å². The average Bonchev–Trinajstić information content (AvgIpc) is 2.62. The van der Waals surface area contributed by atoms with Crippen molar-refractivity contribution in [3.8, 4) is 0 Å². The number of aliphatic imine (C=N–C) groups is 1. The van der Waals surface area contributed by atoms with Crippen LogP contribution in [0.5, 0.6) is 0 Å². The van der Waals surface area contributed by atoms with Gasteiger partial charge in [0.25, 0.3) is 0 Å². The Balaban J connectivity index is 2.00. The van der Waals surface area contributed by atoms with E-state index in [0.717, 1.165) is 9.13 Å². The first-order chi connectivity index (χ1) is 14.0. The maximum absolute atomic E-state index is 13.3. The van der Waals surface area contributed by atoms with E-state index in [-0.39, 0.29) is 24.3 Å². The molecular weight excluding hydrogens is 521 g/mol. The second-order valence-electron chi connectivity index (χ2n) is 8.76. The van der Waals surface area contributed by atoms with Crippen LogP contribution in [0.3, 0.4) is 0 Å². The van der Waals surface area contributed by atoms with Crippen LogP contribution in [-0.4, -0.2) is 47.7 Å². The molecule has 2 fully saturated rings. The molecule has 1 atom stereocenters. The highest BCUT2D eigenvalue weighted by atomic mass is 127. The SMILES string of the molecule is CC(C)(C)OC(=O)/N=C1\N[C@](C)(c2cccc(I)c2Cl)CC(=O)N1C1CCOCC1. The number of amides is 2. The van der Waals surface area contributed by atoms with E-state index < -0.39 is 17.2 Å². The number of hydrogen-bond acceptors (Lipinski definition) is 4. The fourth-order valence-corrected chi connectivity index (χ4v) is 4.56. The third kappa shape index (κ3) is 5.26. The van der Waals surface area contributed by atoms with Crippen molar-refractivity contribution in [1.29, 1.82) is 0 Å². The molecule has 30 heavy (non-hydrogen) atoms. The molecule has 0 unspecified atom stereocenters. The number of halogens is 2. The lowest BCUT2D eigenvalue weighted by Crippen LogP contribution is -2.63. The molecule has 1 aromatic rings. The van der Waals surface area contributed by atoms with Gasteiger partial charge in [0, 0.05) is 22.8 Å². The zero-order valence-corrected chi connectivity index (χ0v) is 20.5. The fourth-order valence-electron chi connectivity index (χ4n) is 3.72. The molecule has 3 rings (SSSR count). The van der Waals surface area contributed by atoms with Crippen molar-refractivity contribution in [2.45, 2.75) is 64.1 Å². The zero-order chi connectivity index (χ0) is 22.1. The van der Waals surface area contributed by atoms with Crippen LogP contribution < -0.4 is 5.32 Å². The summed E-state index contributed by atoms with van der Waals surface area (Å²) in [5.41, 5.74) is -0.712. The second kappa shape index (κ2) is 9.00. The molecule has 7 nitrogen and oxygen atoms in total. The topological polar surface area (TPSA) is 80.2 Å². The Bertz CT molecular complexity index is 864. The summed E-state index contributed by atoms with van der Waals surface area (Å²) in [5.74, 6) is 0.0882. The molecule has 164 valence electrons. The molecule has 1 aromatic carbocycles. The van der Waals surface area contributed by atoms with E-state index in [1.54, 1.807) is 25.7 Å². The summed E-state index contributed by atoms with van der Waals surface area (Å²) in [7, 11) is 0. The zero-order valence-electron chi connectivity index (χ0n) is 17.6. The molecule has 9 heteroatoms. The largest absolute Gasteiger partial charge is 0.442 e. The number of carbonyl (C=O) groups excluding carboxylic acids is 2. The lowest BCUT2D eigenvalue weighted by molar-refractivity contribution is -0.133. The smallest absolute Gasteiger partial charge is 0.437 e. The van der Waals surface area contributed by atoms with Crippen LogP contribution >= 0.6 is 34.2 Å². The Morgan fingerprint density at radius 1 is 1.37 bits per heavy atom. The average molecular weight is 548 g/mol. The van der Waals surface area contributed by atoms with Gasteiger partial charge in [0.1, 0.15) is 5.60 Å². The van der Waals surface area contributed by atoms with Crippen LogP contribution in [-0.2, 0) is 19.8 Å². The molecule has 1 N–H and O–H groups in total. The van der Waals surface area contributed by atoms with Gasteiger partial charge in [-0.3, -0.25) is 9.69 Å². The molecule has 0 spiro atoms. The number of rotatable bonds is 2. The van der Waals surface area contributed by atoms with Gasteiger partial charge in [-0.15, -0.1) is 4.99 Å². The van der Waals surface area contributed by atoms with E-state index in [0.29, 0.717) is 31.1 Å². The number of carbonyl (C=O) groups is 2. The van der Waals surface area contributed by atoms with Gasteiger partial charge in [-0.25, -0.2) is 4.79 Å². The number of guanidine groups is 1. The monoisotopic (exact) mass is 547 g/mol. The van der Waals surface area contributed by atoms with Gasteiger partial charge in [0.15, 0.2) is 0 Å². The third-order valence-electron chi connectivity index (χ3n) is 5.08.